The molecule has 4 N–H and O–H groups in total. The van der Waals surface area contributed by atoms with Crippen LogP contribution in [0, 0.1) is 6.92 Å². The molecule has 6 nitrogen and oxygen atoms in total. The van der Waals surface area contributed by atoms with Crippen LogP contribution in [0.15, 0.2) is 72.8 Å². The summed E-state index contributed by atoms with van der Waals surface area (Å²) in [5.41, 5.74) is 8.15. The van der Waals surface area contributed by atoms with E-state index in [0.717, 1.165) is 5.56 Å². The fourth-order valence-electron chi connectivity index (χ4n) is 2.72. The fraction of sp³-hybridized carbons (Fsp3) is 0.0455. The maximum atomic E-state index is 12.7. The van der Waals surface area contributed by atoms with Crippen molar-refractivity contribution in [1.29, 1.82) is 0 Å². The molecule has 0 spiro atoms. The first-order valence-electron chi connectivity index (χ1n) is 8.62. The maximum absolute atomic E-state index is 12.7. The molecule has 0 fully saturated rings. The quantitative estimate of drug-likeness (QED) is 0.637. The molecule has 3 rings (SSSR count). The van der Waals surface area contributed by atoms with Crippen molar-refractivity contribution in [2.24, 2.45) is 5.73 Å². The van der Waals surface area contributed by atoms with Crippen LogP contribution in [0.25, 0.3) is 0 Å². The molecule has 28 heavy (non-hydrogen) atoms. The zero-order valence-electron chi connectivity index (χ0n) is 15.2. The highest BCUT2D eigenvalue weighted by atomic mass is 16.2. The average molecular weight is 373 g/mol. The Labute approximate surface area is 162 Å². The number of hydrogen-bond acceptors (Lipinski definition) is 3. The van der Waals surface area contributed by atoms with Gasteiger partial charge in [-0.2, -0.15) is 0 Å². The first kappa shape index (κ1) is 18.8. The van der Waals surface area contributed by atoms with E-state index in [-0.39, 0.29) is 5.91 Å². The van der Waals surface area contributed by atoms with Gasteiger partial charge in [-0.1, -0.05) is 35.9 Å². The van der Waals surface area contributed by atoms with Crippen LogP contribution in [0.2, 0.25) is 0 Å². The number of aryl methyl sites for hydroxylation is 1. The van der Waals surface area contributed by atoms with Crippen LogP contribution in [-0.4, -0.2) is 17.7 Å². The number of amides is 3. The van der Waals surface area contributed by atoms with Crippen molar-refractivity contribution < 1.29 is 14.4 Å². The van der Waals surface area contributed by atoms with Gasteiger partial charge in [0.15, 0.2) is 0 Å². The molecule has 6 heteroatoms. The van der Waals surface area contributed by atoms with Crippen LogP contribution in [-0.2, 0) is 0 Å². The molecule has 0 heterocycles. The highest BCUT2D eigenvalue weighted by molar-refractivity contribution is 6.12. The van der Waals surface area contributed by atoms with Gasteiger partial charge in [0.1, 0.15) is 0 Å². The van der Waals surface area contributed by atoms with E-state index in [1.807, 2.05) is 13.0 Å². The number of anilines is 2. The van der Waals surface area contributed by atoms with E-state index in [2.05, 4.69) is 10.6 Å². The van der Waals surface area contributed by atoms with Crippen molar-refractivity contribution >= 4 is 29.1 Å². The lowest BCUT2D eigenvalue weighted by Gasteiger charge is -2.12. The van der Waals surface area contributed by atoms with E-state index in [0.29, 0.717) is 28.1 Å². The summed E-state index contributed by atoms with van der Waals surface area (Å²) < 4.78 is 0. The van der Waals surface area contributed by atoms with Crippen molar-refractivity contribution in [2.45, 2.75) is 6.92 Å². The summed E-state index contributed by atoms with van der Waals surface area (Å²) in [5, 5.41) is 5.49. The molecule has 3 aromatic carbocycles. The van der Waals surface area contributed by atoms with Gasteiger partial charge in [-0.05, 0) is 49.4 Å². The summed E-state index contributed by atoms with van der Waals surface area (Å²) in [6.45, 7) is 1.90. The molecular weight excluding hydrogens is 354 g/mol. The van der Waals surface area contributed by atoms with E-state index in [4.69, 9.17) is 5.73 Å². The van der Waals surface area contributed by atoms with Gasteiger partial charge in [-0.3, -0.25) is 14.4 Å². The Kier molecular flexibility index (Phi) is 5.50. The molecule has 0 aliphatic rings. The van der Waals surface area contributed by atoms with Gasteiger partial charge < -0.3 is 16.4 Å². The Bertz CT molecular complexity index is 1060. The molecule has 0 aliphatic heterocycles. The SMILES string of the molecule is Cc1cccc(C(=O)Nc2ccccc2C(=O)Nc2cccc(C(N)=O)c2)c1. The predicted octanol–water partition coefficient (Wildman–Crippen LogP) is 3.60. The zero-order valence-corrected chi connectivity index (χ0v) is 15.2. The van der Waals surface area contributed by atoms with E-state index in [9.17, 15) is 14.4 Å². The molecule has 0 aliphatic carbocycles. The summed E-state index contributed by atoms with van der Waals surface area (Å²) in [7, 11) is 0. The highest BCUT2D eigenvalue weighted by Gasteiger charge is 2.15. The third-order valence-corrected chi connectivity index (χ3v) is 4.11. The molecule has 0 unspecified atom stereocenters. The van der Waals surface area contributed by atoms with Crippen molar-refractivity contribution in [3.63, 3.8) is 0 Å². The maximum Gasteiger partial charge on any atom is 0.257 e. The molecule has 0 saturated carbocycles. The van der Waals surface area contributed by atoms with E-state index < -0.39 is 11.8 Å². The molecule has 0 radical (unpaired) electrons. The Morgan fingerprint density at radius 3 is 2.21 bits per heavy atom. The number of primary amides is 1. The molecule has 3 aromatic rings. The normalized spacial score (nSPS) is 10.2. The number of para-hydroxylation sites is 1. The monoisotopic (exact) mass is 373 g/mol. The molecule has 140 valence electrons. The molecular formula is C22H19N3O3. The summed E-state index contributed by atoms with van der Waals surface area (Å²) in [6, 6.07) is 20.2. The number of carbonyl (C=O) groups is 3. The first-order chi connectivity index (χ1) is 13.4. The molecule has 0 bridgehead atoms. The van der Waals surface area contributed by atoms with Crippen molar-refractivity contribution in [3.8, 4) is 0 Å². The zero-order chi connectivity index (χ0) is 20.1. The standard InChI is InChI=1S/C22H19N3O3/c1-14-6-4-8-16(12-14)21(27)25-19-11-3-2-10-18(19)22(28)24-17-9-5-7-15(13-17)20(23)26/h2-13H,1H3,(H2,23,26)(H,24,28)(H,25,27). The molecule has 0 atom stereocenters. The summed E-state index contributed by atoms with van der Waals surface area (Å²) in [4.78, 5) is 36.5. The highest BCUT2D eigenvalue weighted by Crippen LogP contribution is 2.19. The molecule has 3 amide bonds. The van der Waals surface area contributed by atoms with Crippen LogP contribution >= 0.6 is 0 Å². The Hall–Kier alpha value is -3.93. The second-order valence-electron chi connectivity index (χ2n) is 6.27. The Morgan fingerprint density at radius 1 is 0.750 bits per heavy atom. The Morgan fingerprint density at radius 2 is 1.46 bits per heavy atom. The number of carbonyl (C=O) groups excluding carboxylic acids is 3. The van der Waals surface area contributed by atoms with E-state index >= 15 is 0 Å². The number of nitrogens with one attached hydrogen (secondary N) is 2. The fourth-order valence-corrected chi connectivity index (χ4v) is 2.72. The second-order valence-corrected chi connectivity index (χ2v) is 6.27. The first-order valence-corrected chi connectivity index (χ1v) is 8.62. The van der Waals surface area contributed by atoms with Crippen LogP contribution in [0.1, 0.15) is 36.6 Å². The second kappa shape index (κ2) is 8.18. The van der Waals surface area contributed by atoms with Crippen molar-refractivity contribution in [3.05, 3.63) is 95.1 Å². The Balaban J connectivity index is 1.81. The third-order valence-electron chi connectivity index (χ3n) is 4.11. The third kappa shape index (κ3) is 4.42. The van der Waals surface area contributed by atoms with Crippen LogP contribution < -0.4 is 16.4 Å². The van der Waals surface area contributed by atoms with Gasteiger partial charge in [0.05, 0.1) is 11.3 Å². The van der Waals surface area contributed by atoms with Crippen LogP contribution in [0.4, 0.5) is 11.4 Å². The number of nitrogens with two attached hydrogens (primary N) is 1. The summed E-state index contributed by atoms with van der Waals surface area (Å²) >= 11 is 0. The van der Waals surface area contributed by atoms with Gasteiger partial charge in [-0.25, -0.2) is 0 Å². The minimum atomic E-state index is -0.582. The largest absolute Gasteiger partial charge is 0.366 e. The number of hydrogen-bond donors (Lipinski definition) is 3. The van der Waals surface area contributed by atoms with Crippen LogP contribution in [0.5, 0.6) is 0 Å². The predicted molar refractivity (Wildman–Crippen MR) is 108 cm³/mol. The van der Waals surface area contributed by atoms with Gasteiger partial charge in [0.2, 0.25) is 5.91 Å². The average Bonchev–Trinajstić information content (AvgIpc) is 2.68. The van der Waals surface area contributed by atoms with Gasteiger partial charge >= 0.3 is 0 Å². The minimum absolute atomic E-state index is 0.291. The van der Waals surface area contributed by atoms with Crippen molar-refractivity contribution in [2.75, 3.05) is 10.6 Å². The number of rotatable bonds is 5. The lowest BCUT2D eigenvalue weighted by atomic mass is 10.1. The molecule has 0 saturated heterocycles. The van der Waals surface area contributed by atoms with E-state index in [1.54, 1.807) is 60.7 Å². The lowest BCUT2D eigenvalue weighted by molar-refractivity contribution is 0.0994. The lowest BCUT2D eigenvalue weighted by Crippen LogP contribution is -2.18. The van der Waals surface area contributed by atoms with Crippen molar-refractivity contribution in [1.82, 2.24) is 0 Å². The number of benzene rings is 3. The topological polar surface area (TPSA) is 101 Å². The summed E-state index contributed by atoms with van der Waals surface area (Å²) in [5.74, 6) is -1.30. The van der Waals surface area contributed by atoms with E-state index in [1.165, 1.54) is 6.07 Å². The summed E-state index contributed by atoms with van der Waals surface area (Å²) in [6.07, 6.45) is 0. The van der Waals surface area contributed by atoms with Gasteiger partial charge in [0, 0.05) is 16.8 Å². The van der Waals surface area contributed by atoms with Crippen LogP contribution in [0.3, 0.4) is 0 Å². The van der Waals surface area contributed by atoms with Gasteiger partial charge in [-0.15, -0.1) is 0 Å². The van der Waals surface area contributed by atoms with Gasteiger partial charge in [0.25, 0.3) is 11.8 Å². The minimum Gasteiger partial charge on any atom is -0.366 e. The molecule has 0 aromatic heterocycles. The smallest absolute Gasteiger partial charge is 0.257 e.